The molecule has 1 N–H and O–H groups in total. The minimum atomic E-state index is -2.64. The summed E-state index contributed by atoms with van der Waals surface area (Å²) < 4.78 is 7.93. The van der Waals surface area contributed by atoms with E-state index in [0.29, 0.717) is 6.42 Å². The fourth-order valence-corrected chi connectivity index (χ4v) is 10.4. The maximum Gasteiger partial charge on any atom is 0.231 e. The molecular formula is C34H48O2Si. The Hall–Kier alpha value is -2.20. The Kier molecular flexibility index (Phi) is 10.3. The highest BCUT2D eigenvalue weighted by Crippen LogP contribution is 2.49. The van der Waals surface area contributed by atoms with Crippen LogP contribution in [-0.2, 0) is 10.0 Å². The minimum absolute atomic E-state index is 0.0574. The van der Waals surface area contributed by atoms with Gasteiger partial charge in [-0.1, -0.05) is 158 Å². The van der Waals surface area contributed by atoms with E-state index < -0.39 is 20.0 Å². The zero-order chi connectivity index (χ0) is 26.9. The van der Waals surface area contributed by atoms with Crippen LogP contribution in [0.15, 0.2) is 91.0 Å². The highest BCUT2D eigenvalue weighted by Gasteiger charge is 2.54. The Bertz CT molecular complexity index is 1000. The lowest BCUT2D eigenvalue weighted by Crippen LogP contribution is -2.62. The van der Waals surface area contributed by atoms with E-state index in [1.165, 1.54) is 24.4 Å². The van der Waals surface area contributed by atoms with Gasteiger partial charge in [-0.15, -0.1) is 0 Å². The molecular weight excluding hydrogens is 468 g/mol. The number of rotatable bonds is 13. The van der Waals surface area contributed by atoms with Gasteiger partial charge in [0.05, 0.1) is 6.10 Å². The predicted molar refractivity (Wildman–Crippen MR) is 161 cm³/mol. The Morgan fingerprint density at radius 2 is 1.22 bits per heavy atom. The van der Waals surface area contributed by atoms with Crippen molar-refractivity contribution in [3.8, 4) is 0 Å². The summed E-state index contributed by atoms with van der Waals surface area (Å²) in [6.07, 6.45) is 4.86. The number of benzene rings is 3. The van der Waals surface area contributed by atoms with Crippen LogP contribution in [0.1, 0.15) is 84.8 Å². The van der Waals surface area contributed by atoms with E-state index >= 15 is 0 Å². The minimum Gasteiger partial charge on any atom is -0.398 e. The number of unbranched alkanes of at least 4 members (excludes halogenated alkanes) is 3. The van der Waals surface area contributed by atoms with E-state index in [1.807, 2.05) is 0 Å². The third kappa shape index (κ3) is 6.82. The van der Waals surface area contributed by atoms with Crippen LogP contribution >= 0.6 is 0 Å². The molecule has 3 aromatic rings. The normalized spacial score (nSPS) is 14.9. The van der Waals surface area contributed by atoms with E-state index in [-0.39, 0.29) is 11.0 Å². The Labute approximate surface area is 227 Å². The molecule has 0 spiro atoms. The maximum absolute atomic E-state index is 11.4. The monoisotopic (exact) mass is 516 g/mol. The molecule has 0 heterocycles. The van der Waals surface area contributed by atoms with Gasteiger partial charge in [-0.25, -0.2) is 0 Å². The summed E-state index contributed by atoms with van der Waals surface area (Å²) in [4.78, 5) is 0. The van der Waals surface area contributed by atoms with Gasteiger partial charge in [-0.3, -0.25) is 0 Å². The van der Waals surface area contributed by atoms with Crippen LogP contribution in [-0.4, -0.2) is 19.5 Å². The third-order valence-electron chi connectivity index (χ3n) is 7.93. The molecule has 3 aromatic carbocycles. The first kappa shape index (κ1) is 29.4. The molecule has 0 fully saturated rings. The van der Waals surface area contributed by atoms with Gasteiger partial charge in [0.25, 0.3) is 0 Å². The van der Waals surface area contributed by atoms with Crippen LogP contribution in [0.4, 0.5) is 0 Å². The standard InChI is InChI=1S/C34H48O2Si/c1-7-8-9-19-26-37(33(4,5)6,31-24-17-12-18-25-31)36-34(27-32(35)28(2)3,29-20-13-10-14-21-29)30-22-15-11-16-23-30/h10-18,20-25,28,32,35H,7-9,19,26-27H2,1-6H3. The molecule has 0 aliphatic rings. The first-order chi connectivity index (χ1) is 17.7. The van der Waals surface area contributed by atoms with E-state index in [4.69, 9.17) is 4.43 Å². The highest BCUT2D eigenvalue weighted by molar-refractivity contribution is 6.89. The second kappa shape index (κ2) is 13.0. The zero-order valence-corrected chi connectivity index (χ0v) is 24.9. The molecule has 200 valence electrons. The SMILES string of the molecule is CCCCCC[Si](OC(CC(O)C(C)C)(c1ccccc1)c1ccccc1)(c1ccccc1)C(C)(C)C. The van der Waals surface area contributed by atoms with Crippen molar-refractivity contribution in [3.05, 3.63) is 102 Å². The van der Waals surface area contributed by atoms with Crippen LogP contribution in [0, 0.1) is 5.92 Å². The molecule has 0 radical (unpaired) electrons. The average Bonchev–Trinajstić information content (AvgIpc) is 2.90. The number of aliphatic hydroxyl groups is 1. The molecule has 37 heavy (non-hydrogen) atoms. The molecule has 0 aliphatic carbocycles. The van der Waals surface area contributed by atoms with Gasteiger partial charge in [0.2, 0.25) is 8.32 Å². The van der Waals surface area contributed by atoms with Crippen molar-refractivity contribution in [3.63, 3.8) is 0 Å². The zero-order valence-electron chi connectivity index (χ0n) is 23.9. The molecule has 2 unspecified atom stereocenters. The topological polar surface area (TPSA) is 29.5 Å². The van der Waals surface area contributed by atoms with E-state index in [9.17, 15) is 5.11 Å². The summed E-state index contributed by atoms with van der Waals surface area (Å²) in [6, 6.07) is 33.3. The molecule has 3 heteroatoms. The molecule has 2 nitrogen and oxygen atoms in total. The smallest absolute Gasteiger partial charge is 0.231 e. The quantitative estimate of drug-likeness (QED) is 0.182. The van der Waals surface area contributed by atoms with Gasteiger partial charge in [0.1, 0.15) is 5.60 Å². The lowest BCUT2D eigenvalue weighted by molar-refractivity contribution is 0.00940. The average molecular weight is 517 g/mol. The first-order valence-electron chi connectivity index (χ1n) is 14.2. The van der Waals surface area contributed by atoms with Crippen molar-refractivity contribution >= 4 is 13.5 Å². The second-order valence-electron chi connectivity index (χ2n) is 11.9. The summed E-state index contributed by atoms with van der Waals surface area (Å²) in [5.74, 6) is 0.127. The van der Waals surface area contributed by atoms with Gasteiger partial charge >= 0.3 is 0 Å². The fourth-order valence-electron chi connectivity index (χ4n) is 5.53. The predicted octanol–water partition coefficient (Wildman–Crippen LogP) is 8.59. The molecule has 0 aromatic heterocycles. The summed E-state index contributed by atoms with van der Waals surface area (Å²) in [6.45, 7) is 13.6. The van der Waals surface area contributed by atoms with E-state index in [1.54, 1.807) is 0 Å². The molecule has 0 amide bonds. The van der Waals surface area contributed by atoms with Gasteiger partial charge < -0.3 is 9.53 Å². The van der Waals surface area contributed by atoms with Crippen molar-refractivity contribution in [1.82, 2.24) is 0 Å². The summed E-state index contributed by atoms with van der Waals surface area (Å²) in [7, 11) is -2.64. The molecule has 0 aliphatic heterocycles. The number of hydrogen-bond acceptors (Lipinski definition) is 2. The van der Waals surface area contributed by atoms with Crippen LogP contribution in [0.2, 0.25) is 11.1 Å². The second-order valence-corrected chi connectivity index (χ2v) is 16.4. The Morgan fingerprint density at radius 3 is 1.65 bits per heavy atom. The maximum atomic E-state index is 11.4. The molecule has 0 saturated carbocycles. The van der Waals surface area contributed by atoms with Gasteiger partial charge in [-0.2, -0.15) is 0 Å². The van der Waals surface area contributed by atoms with Gasteiger partial charge in [0, 0.05) is 6.42 Å². The molecule has 2 atom stereocenters. The number of aliphatic hydroxyl groups excluding tert-OH is 1. The summed E-state index contributed by atoms with van der Waals surface area (Å²) >= 11 is 0. The third-order valence-corrected chi connectivity index (χ3v) is 13.4. The highest BCUT2D eigenvalue weighted by atomic mass is 28.4. The van der Waals surface area contributed by atoms with Crippen LogP contribution in [0.5, 0.6) is 0 Å². The van der Waals surface area contributed by atoms with Crippen LogP contribution < -0.4 is 5.19 Å². The molecule has 0 saturated heterocycles. The Balaban J connectivity index is 2.31. The van der Waals surface area contributed by atoms with Crippen LogP contribution in [0.25, 0.3) is 0 Å². The van der Waals surface area contributed by atoms with Crippen LogP contribution in [0.3, 0.4) is 0 Å². The van der Waals surface area contributed by atoms with Gasteiger partial charge in [0.15, 0.2) is 0 Å². The largest absolute Gasteiger partial charge is 0.398 e. The lowest BCUT2D eigenvalue weighted by Gasteiger charge is -2.51. The van der Waals surface area contributed by atoms with E-state index in [2.05, 4.69) is 133 Å². The summed E-state index contributed by atoms with van der Waals surface area (Å²) in [5, 5.41) is 12.7. The lowest BCUT2D eigenvalue weighted by atomic mass is 9.80. The van der Waals surface area contributed by atoms with Crippen molar-refractivity contribution in [1.29, 1.82) is 0 Å². The summed E-state index contributed by atoms with van der Waals surface area (Å²) in [5.41, 5.74) is 1.48. The molecule has 3 rings (SSSR count). The Morgan fingerprint density at radius 1 is 0.730 bits per heavy atom. The fraction of sp³-hybridized carbons (Fsp3) is 0.471. The van der Waals surface area contributed by atoms with Crippen molar-refractivity contribution in [2.75, 3.05) is 0 Å². The first-order valence-corrected chi connectivity index (χ1v) is 16.3. The van der Waals surface area contributed by atoms with Crippen molar-refractivity contribution in [2.24, 2.45) is 5.92 Å². The van der Waals surface area contributed by atoms with E-state index in [0.717, 1.165) is 23.6 Å². The van der Waals surface area contributed by atoms with Crippen molar-refractivity contribution < 1.29 is 9.53 Å². The number of hydrogen-bond donors (Lipinski definition) is 1. The van der Waals surface area contributed by atoms with Gasteiger partial charge in [-0.05, 0) is 33.3 Å². The molecule has 0 bridgehead atoms. The van der Waals surface area contributed by atoms with Crippen molar-refractivity contribution in [2.45, 2.75) is 96.4 Å².